The summed E-state index contributed by atoms with van der Waals surface area (Å²) in [5, 5.41) is 11.1. The van der Waals surface area contributed by atoms with Crippen LogP contribution in [-0.4, -0.2) is 31.0 Å². The van der Waals surface area contributed by atoms with E-state index in [1.165, 1.54) is 6.08 Å². The number of hydrogen-bond donors (Lipinski definition) is 3. The number of alkyl carbamates (subject to hydrolysis) is 1. The molecule has 0 aliphatic carbocycles. The van der Waals surface area contributed by atoms with Crippen molar-refractivity contribution in [3.05, 3.63) is 47.5 Å². The maximum Gasteiger partial charge on any atom is 0.408 e. The third kappa shape index (κ3) is 4.73. The van der Waals surface area contributed by atoms with E-state index in [0.717, 1.165) is 0 Å². The zero-order chi connectivity index (χ0) is 14.3. The first kappa shape index (κ1) is 15.2. The molecule has 0 spiro atoms. The molecule has 1 aromatic rings. The standard InChI is InChI=1S/C13H16ClN3O2/c1-2-7-19-13(18)17-11(8-15)12(16)9-3-5-10(14)6-4-9/h2-6,11,16H,1,7-8,15H2,(H,17,18). The number of ether oxygens (including phenoxy) is 1. The van der Waals surface area contributed by atoms with Crippen LogP contribution in [0.5, 0.6) is 0 Å². The second-order valence-corrected chi connectivity index (χ2v) is 4.18. The second kappa shape index (κ2) is 7.56. The summed E-state index contributed by atoms with van der Waals surface area (Å²) < 4.78 is 4.79. The van der Waals surface area contributed by atoms with Gasteiger partial charge in [-0.05, 0) is 17.7 Å². The molecule has 0 saturated heterocycles. The molecule has 6 heteroatoms. The van der Waals surface area contributed by atoms with Gasteiger partial charge in [-0.1, -0.05) is 36.4 Å². The molecule has 0 aromatic heterocycles. The van der Waals surface area contributed by atoms with Gasteiger partial charge in [-0.2, -0.15) is 0 Å². The number of nitrogens with one attached hydrogen (secondary N) is 2. The number of benzene rings is 1. The molecule has 0 bridgehead atoms. The fourth-order valence-corrected chi connectivity index (χ4v) is 1.52. The Morgan fingerprint density at radius 1 is 1.53 bits per heavy atom. The molecule has 5 nitrogen and oxygen atoms in total. The summed E-state index contributed by atoms with van der Waals surface area (Å²) in [6.45, 7) is 3.65. The fourth-order valence-electron chi connectivity index (χ4n) is 1.40. The summed E-state index contributed by atoms with van der Waals surface area (Å²) in [6, 6.07) is 6.14. The number of hydrogen-bond acceptors (Lipinski definition) is 4. The van der Waals surface area contributed by atoms with Crippen LogP contribution in [0.3, 0.4) is 0 Å². The molecular weight excluding hydrogens is 266 g/mol. The Labute approximate surface area is 116 Å². The molecule has 102 valence electrons. The van der Waals surface area contributed by atoms with Crippen molar-refractivity contribution in [2.24, 2.45) is 5.73 Å². The van der Waals surface area contributed by atoms with Crippen molar-refractivity contribution in [1.82, 2.24) is 5.32 Å². The molecule has 4 N–H and O–H groups in total. The molecule has 1 amide bonds. The van der Waals surface area contributed by atoms with E-state index in [0.29, 0.717) is 10.6 Å². The van der Waals surface area contributed by atoms with Gasteiger partial charge in [-0.15, -0.1) is 0 Å². The van der Waals surface area contributed by atoms with Gasteiger partial charge in [0, 0.05) is 11.6 Å². The molecule has 0 fully saturated rings. The van der Waals surface area contributed by atoms with Crippen molar-refractivity contribution in [3.8, 4) is 0 Å². The van der Waals surface area contributed by atoms with Crippen LogP contribution < -0.4 is 11.1 Å². The smallest absolute Gasteiger partial charge is 0.408 e. The highest BCUT2D eigenvalue weighted by Gasteiger charge is 2.17. The van der Waals surface area contributed by atoms with E-state index in [4.69, 9.17) is 27.5 Å². The molecule has 0 heterocycles. The fraction of sp³-hybridized carbons (Fsp3) is 0.231. The van der Waals surface area contributed by atoms with Gasteiger partial charge in [0.1, 0.15) is 6.61 Å². The Morgan fingerprint density at radius 2 is 2.16 bits per heavy atom. The van der Waals surface area contributed by atoms with Crippen molar-refractivity contribution in [2.45, 2.75) is 6.04 Å². The van der Waals surface area contributed by atoms with Crippen molar-refractivity contribution >= 4 is 23.4 Å². The lowest BCUT2D eigenvalue weighted by atomic mass is 10.0. The number of rotatable bonds is 6. The minimum atomic E-state index is -0.630. The van der Waals surface area contributed by atoms with Gasteiger partial charge < -0.3 is 21.2 Å². The van der Waals surface area contributed by atoms with Crippen molar-refractivity contribution < 1.29 is 9.53 Å². The monoisotopic (exact) mass is 281 g/mol. The predicted octanol–water partition coefficient (Wildman–Crippen LogP) is 1.95. The van der Waals surface area contributed by atoms with Gasteiger partial charge in [-0.3, -0.25) is 0 Å². The zero-order valence-corrected chi connectivity index (χ0v) is 11.1. The highest BCUT2D eigenvalue weighted by Crippen LogP contribution is 2.11. The zero-order valence-electron chi connectivity index (χ0n) is 10.4. The van der Waals surface area contributed by atoms with Crippen LogP contribution in [0.15, 0.2) is 36.9 Å². The molecular formula is C13H16ClN3O2. The van der Waals surface area contributed by atoms with E-state index in [2.05, 4.69) is 11.9 Å². The predicted molar refractivity (Wildman–Crippen MR) is 75.8 cm³/mol. The largest absolute Gasteiger partial charge is 0.445 e. The van der Waals surface area contributed by atoms with Crippen molar-refractivity contribution in [2.75, 3.05) is 13.2 Å². The summed E-state index contributed by atoms with van der Waals surface area (Å²) >= 11 is 5.78. The van der Waals surface area contributed by atoms with Crippen molar-refractivity contribution in [3.63, 3.8) is 0 Å². The summed E-state index contributed by atoms with van der Waals surface area (Å²) in [6.07, 6.45) is 0.829. The number of carbonyl (C=O) groups excluding carboxylic acids is 1. The normalized spacial score (nSPS) is 11.5. The number of carbonyl (C=O) groups is 1. The third-order valence-corrected chi connectivity index (χ3v) is 2.62. The first-order chi connectivity index (χ1) is 9.08. The van der Waals surface area contributed by atoms with Crippen LogP contribution in [0, 0.1) is 5.41 Å². The Hall–Kier alpha value is -1.85. The van der Waals surface area contributed by atoms with E-state index < -0.39 is 12.1 Å². The summed E-state index contributed by atoms with van der Waals surface area (Å²) in [5.74, 6) is 0. The molecule has 0 saturated carbocycles. The van der Waals surface area contributed by atoms with E-state index in [1.54, 1.807) is 24.3 Å². The topological polar surface area (TPSA) is 88.2 Å². The molecule has 1 atom stereocenters. The van der Waals surface area contributed by atoms with Crippen LogP contribution in [0.2, 0.25) is 5.02 Å². The Morgan fingerprint density at radius 3 is 2.68 bits per heavy atom. The van der Waals surface area contributed by atoms with Gasteiger partial charge >= 0.3 is 6.09 Å². The number of halogens is 1. The van der Waals surface area contributed by atoms with Crippen LogP contribution in [0.1, 0.15) is 5.56 Å². The molecule has 19 heavy (non-hydrogen) atoms. The quantitative estimate of drug-likeness (QED) is 0.550. The van der Waals surface area contributed by atoms with E-state index in [1.807, 2.05) is 0 Å². The van der Waals surface area contributed by atoms with Gasteiger partial charge in [0.15, 0.2) is 0 Å². The van der Waals surface area contributed by atoms with Gasteiger partial charge in [-0.25, -0.2) is 4.79 Å². The highest BCUT2D eigenvalue weighted by molar-refractivity contribution is 6.30. The van der Waals surface area contributed by atoms with Crippen LogP contribution in [0.25, 0.3) is 0 Å². The lowest BCUT2D eigenvalue weighted by Crippen LogP contribution is -2.46. The van der Waals surface area contributed by atoms with Crippen molar-refractivity contribution in [1.29, 1.82) is 5.41 Å². The highest BCUT2D eigenvalue weighted by atomic mass is 35.5. The number of amides is 1. The molecule has 0 aliphatic rings. The van der Waals surface area contributed by atoms with E-state index in [9.17, 15) is 4.79 Å². The first-order valence-electron chi connectivity index (χ1n) is 5.67. The maximum atomic E-state index is 11.4. The lowest BCUT2D eigenvalue weighted by molar-refractivity contribution is 0.157. The molecule has 1 unspecified atom stereocenters. The molecule has 0 radical (unpaired) electrons. The lowest BCUT2D eigenvalue weighted by Gasteiger charge is -2.17. The van der Waals surface area contributed by atoms with Crippen LogP contribution >= 0.6 is 11.6 Å². The van der Waals surface area contributed by atoms with Gasteiger partial charge in [0.2, 0.25) is 0 Å². The van der Waals surface area contributed by atoms with Crippen LogP contribution in [-0.2, 0) is 4.74 Å². The third-order valence-electron chi connectivity index (χ3n) is 2.36. The average molecular weight is 282 g/mol. The van der Waals surface area contributed by atoms with E-state index >= 15 is 0 Å². The molecule has 1 rings (SSSR count). The number of nitrogens with two attached hydrogens (primary N) is 1. The minimum absolute atomic E-state index is 0.102. The Balaban J connectivity index is 2.68. The summed E-state index contributed by atoms with van der Waals surface area (Å²) in [5.41, 5.74) is 6.41. The first-order valence-corrected chi connectivity index (χ1v) is 6.05. The molecule has 1 aromatic carbocycles. The Bertz CT molecular complexity index is 459. The second-order valence-electron chi connectivity index (χ2n) is 3.74. The van der Waals surface area contributed by atoms with Crippen LogP contribution in [0.4, 0.5) is 4.79 Å². The maximum absolute atomic E-state index is 11.4. The Kier molecular flexibility index (Phi) is 6.05. The average Bonchev–Trinajstić information content (AvgIpc) is 2.42. The SMILES string of the molecule is C=CCOC(=O)NC(CN)C(=N)c1ccc(Cl)cc1. The summed E-state index contributed by atoms with van der Waals surface area (Å²) in [7, 11) is 0. The van der Waals surface area contributed by atoms with Gasteiger partial charge in [0.25, 0.3) is 0 Å². The van der Waals surface area contributed by atoms with Gasteiger partial charge in [0.05, 0.1) is 11.8 Å². The summed E-state index contributed by atoms with van der Waals surface area (Å²) in [4.78, 5) is 11.4. The minimum Gasteiger partial charge on any atom is -0.445 e. The molecule has 0 aliphatic heterocycles. The van der Waals surface area contributed by atoms with E-state index in [-0.39, 0.29) is 18.9 Å².